The number of ether oxygens (including phenoxy) is 2. The van der Waals surface area contributed by atoms with Gasteiger partial charge in [-0.1, -0.05) is 6.07 Å². The molecule has 5 heterocycles. The van der Waals surface area contributed by atoms with Crippen LogP contribution in [0.25, 0.3) is 33.1 Å². The van der Waals surface area contributed by atoms with E-state index in [0.29, 0.717) is 42.7 Å². The number of nitrogens with one attached hydrogen (secondary N) is 3. The fourth-order valence-corrected chi connectivity index (χ4v) is 4.58. The largest absolute Gasteiger partial charge is 0.488 e. The maximum Gasteiger partial charge on any atom is 0.233 e. The Labute approximate surface area is 215 Å². The summed E-state index contributed by atoms with van der Waals surface area (Å²) in [7, 11) is 0. The molecule has 1 aromatic carbocycles. The number of benzene rings is 1. The maximum absolute atomic E-state index is 13.4. The zero-order chi connectivity index (χ0) is 25.6. The number of alkyl halides is 1. The number of hydrogen-bond donors (Lipinski definition) is 3. The lowest BCUT2D eigenvalue weighted by Gasteiger charge is -2.12. The molecule has 7 rings (SSSR count). The Balaban J connectivity index is 1.35. The zero-order valence-corrected chi connectivity index (χ0v) is 20.1. The van der Waals surface area contributed by atoms with E-state index in [9.17, 15) is 9.18 Å². The number of carbonyl (C=O) groups is 1. The monoisotopic (exact) mass is 511 g/mol. The highest BCUT2D eigenvalue weighted by atomic mass is 19.1. The van der Waals surface area contributed by atoms with E-state index in [1.54, 1.807) is 18.6 Å². The molecule has 1 aliphatic heterocycles. The number of aromatic nitrogens is 5. The Morgan fingerprint density at radius 1 is 1.05 bits per heavy atom. The minimum atomic E-state index is -1.11. The van der Waals surface area contributed by atoms with E-state index in [4.69, 9.17) is 9.47 Å². The van der Waals surface area contributed by atoms with Crippen LogP contribution in [0.5, 0.6) is 11.5 Å². The Morgan fingerprint density at radius 2 is 1.89 bits per heavy atom. The number of H-pyrrole nitrogens is 1. The van der Waals surface area contributed by atoms with E-state index in [2.05, 4.69) is 35.6 Å². The highest BCUT2D eigenvalue weighted by Gasteiger charge is 2.44. The second-order valence-corrected chi connectivity index (χ2v) is 9.33. The molecule has 1 fully saturated rings. The summed E-state index contributed by atoms with van der Waals surface area (Å²) in [5.41, 5.74) is 4.05. The van der Waals surface area contributed by atoms with Crippen LogP contribution in [0.4, 0.5) is 16.2 Å². The molecule has 38 heavy (non-hydrogen) atoms. The highest BCUT2D eigenvalue weighted by Crippen LogP contribution is 2.37. The summed E-state index contributed by atoms with van der Waals surface area (Å²) in [5, 5.41) is 7.70. The molecule has 5 bridgehead atoms. The Hall–Kier alpha value is -4.80. The van der Waals surface area contributed by atoms with Gasteiger partial charge in [-0.3, -0.25) is 20.1 Å². The fraction of sp³-hybridized carbons (Fsp3) is 0.222. The van der Waals surface area contributed by atoms with Gasteiger partial charge in [0, 0.05) is 29.9 Å². The van der Waals surface area contributed by atoms with Crippen LogP contribution in [0, 0.1) is 5.92 Å². The summed E-state index contributed by atoms with van der Waals surface area (Å²) in [6, 6.07) is 9.81. The zero-order valence-electron chi connectivity index (χ0n) is 20.1. The van der Waals surface area contributed by atoms with Crippen LogP contribution in [0.15, 0.2) is 55.1 Å². The van der Waals surface area contributed by atoms with E-state index < -0.39 is 18.0 Å². The molecule has 0 spiro atoms. The molecule has 1 saturated carbocycles. The van der Waals surface area contributed by atoms with Gasteiger partial charge < -0.3 is 19.8 Å². The number of nitrogens with zero attached hydrogens (tertiary/aromatic N) is 4. The normalized spacial score (nSPS) is 18.4. The van der Waals surface area contributed by atoms with Crippen molar-refractivity contribution in [2.24, 2.45) is 5.92 Å². The fourth-order valence-electron chi connectivity index (χ4n) is 4.58. The van der Waals surface area contributed by atoms with E-state index in [1.165, 1.54) is 0 Å². The Bertz CT molecular complexity index is 1710. The second kappa shape index (κ2) is 8.94. The molecule has 2 atom stereocenters. The lowest BCUT2D eigenvalue weighted by molar-refractivity contribution is -0.117. The van der Waals surface area contributed by atoms with Crippen molar-refractivity contribution in [3.05, 3.63) is 60.7 Å². The standard InChI is InChI=1S/C27H22FN7O3/c28-21-8-19(21)26(36)35-27-33-24-23-20(13-32-25(23)34-27)15-1-2-22-16(6-15)7-18(12-30-22)38-4-3-37-17-5-14(10-31-24)9-29-11-17/h1-2,5-7,9,11-13,19,21H,3-4,8,10H2,(H3,31,32,33,34,35,36)/t19-,21-/m1/s1. The second-order valence-electron chi connectivity index (χ2n) is 9.33. The molecular weight excluding hydrogens is 489 g/mol. The van der Waals surface area contributed by atoms with Gasteiger partial charge >= 0.3 is 0 Å². The number of hydrogen-bond acceptors (Lipinski definition) is 8. The van der Waals surface area contributed by atoms with Crippen molar-refractivity contribution in [3.8, 4) is 22.6 Å². The van der Waals surface area contributed by atoms with Crippen molar-refractivity contribution in [2.75, 3.05) is 23.8 Å². The summed E-state index contributed by atoms with van der Waals surface area (Å²) in [4.78, 5) is 33.5. The third-order valence-corrected chi connectivity index (χ3v) is 6.63. The predicted molar refractivity (Wildman–Crippen MR) is 139 cm³/mol. The van der Waals surface area contributed by atoms with E-state index in [0.717, 1.165) is 33.0 Å². The Morgan fingerprint density at radius 3 is 2.74 bits per heavy atom. The molecule has 2 aliphatic rings. The van der Waals surface area contributed by atoms with Crippen LogP contribution in [-0.2, 0) is 11.3 Å². The van der Waals surface area contributed by atoms with E-state index >= 15 is 0 Å². The van der Waals surface area contributed by atoms with Crippen LogP contribution >= 0.6 is 0 Å². The van der Waals surface area contributed by atoms with Crippen molar-refractivity contribution in [3.63, 3.8) is 0 Å². The first-order valence-corrected chi connectivity index (χ1v) is 12.3. The number of pyridine rings is 2. The van der Waals surface area contributed by atoms with Crippen LogP contribution < -0.4 is 20.1 Å². The van der Waals surface area contributed by atoms with Gasteiger partial charge in [0.25, 0.3) is 0 Å². The van der Waals surface area contributed by atoms with Crippen LogP contribution in [0.1, 0.15) is 12.0 Å². The van der Waals surface area contributed by atoms with Gasteiger partial charge in [-0.05, 0) is 41.8 Å². The first-order valence-electron chi connectivity index (χ1n) is 12.3. The molecule has 190 valence electrons. The van der Waals surface area contributed by atoms with Crippen molar-refractivity contribution in [1.29, 1.82) is 0 Å². The van der Waals surface area contributed by atoms with E-state index in [-0.39, 0.29) is 12.4 Å². The topological polar surface area (TPSA) is 127 Å². The molecule has 1 aliphatic carbocycles. The minimum absolute atomic E-state index is 0.100. The van der Waals surface area contributed by atoms with Gasteiger partial charge in [0.15, 0.2) is 0 Å². The lowest BCUT2D eigenvalue weighted by atomic mass is 10.0. The lowest BCUT2D eigenvalue weighted by Crippen LogP contribution is -2.17. The SMILES string of the molecule is O=C(Nc1nc2c3c(c[nH]c3n1)-c1ccc3ncc(cc3c1)OCCOc1cncc(c1)CN2)[C@@H]1C[C@H]1F. The quantitative estimate of drug-likeness (QED) is 0.321. The van der Waals surface area contributed by atoms with Gasteiger partial charge in [-0.25, -0.2) is 4.39 Å². The number of fused-ring (bicyclic) bond motifs is 5. The van der Waals surface area contributed by atoms with Gasteiger partial charge in [0.2, 0.25) is 11.9 Å². The summed E-state index contributed by atoms with van der Waals surface area (Å²) in [6.45, 7) is 1.09. The maximum atomic E-state index is 13.4. The molecule has 3 N–H and O–H groups in total. The molecule has 1 amide bonds. The minimum Gasteiger partial charge on any atom is -0.488 e. The van der Waals surface area contributed by atoms with Crippen LogP contribution in [0.3, 0.4) is 0 Å². The van der Waals surface area contributed by atoms with Crippen molar-refractivity contribution in [2.45, 2.75) is 19.1 Å². The van der Waals surface area contributed by atoms with Crippen molar-refractivity contribution < 1.29 is 18.7 Å². The van der Waals surface area contributed by atoms with Crippen LogP contribution in [0.2, 0.25) is 0 Å². The first-order chi connectivity index (χ1) is 18.6. The molecule has 0 radical (unpaired) electrons. The average molecular weight is 512 g/mol. The molecule has 11 heteroatoms. The summed E-state index contributed by atoms with van der Waals surface area (Å²) in [6.07, 6.45) is 6.05. The summed E-state index contributed by atoms with van der Waals surface area (Å²) in [5.74, 6) is 0.801. The molecule has 10 nitrogen and oxygen atoms in total. The predicted octanol–water partition coefficient (Wildman–Crippen LogP) is 4.25. The number of rotatable bonds is 2. The number of carbonyl (C=O) groups excluding carboxylic acids is 1. The Kier molecular flexibility index (Phi) is 5.27. The first kappa shape index (κ1) is 22.4. The van der Waals surface area contributed by atoms with E-state index in [1.807, 2.05) is 36.5 Å². The third-order valence-electron chi connectivity index (χ3n) is 6.63. The third kappa shape index (κ3) is 4.21. The van der Waals surface area contributed by atoms with Crippen molar-refractivity contribution in [1.82, 2.24) is 24.9 Å². The number of aromatic amines is 1. The average Bonchev–Trinajstić information content (AvgIpc) is 3.51. The molecular formula is C27H22FN7O3. The van der Waals surface area contributed by atoms with Gasteiger partial charge in [0.1, 0.15) is 42.3 Å². The smallest absolute Gasteiger partial charge is 0.233 e. The van der Waals surface area contributed by atoms with Gasteiger partial charge in [-0.2, -0.15) is 9.97 Å². The summed E-state index contributed by atoms with van der Waals surface area (Å²) < 4.78 is 25.1. The van der Waals surface area contributed by atoms with Gasteiger partial charge in [0.05, 0.1) is 29.2 Å². The molecule has 5 aromatic rings. The summed E-state index contributed by atoms with van der Waals surface area (Å²) >= 11 is 0. The van der Waals surface area contributed by atoms with Crippen LogP contribution in [-0.4, -0.2) is 50.2 Å². The highest BCUT2D eigenvalue weighted by molar-refractivity contribution is 6.03. The number of halogens is 1. The molecule has 4 aromatic heterocycles. The van der Waals surface area contributed by atoms with Gasteiger partial charge in [-0.15, -0.1) is 0 Å². The van der Waals surface area contributed by atoms with Crippen molar-refractivity contribution >= 4 is 39.6 Å². The number of anilines is 2. The number of amides is 1. The molecule has 0 saturated heterocycles. The molecule has 0 unspecified atom stereocenters.